The SMILES string of the molecule is CC[C@H](NC(=O)c1ccc(SC)cc1)c1ccc(C)cc1. The van der Waals surface area contributed by atoms with E-state index in [-0.39, 0.29) is 11.9 Å². The third-order valence-electron chi connectivity index (χ3n) is 3.55. The summed E-state index contributed by atoms with van der Waals surface area (Å²) in [5.74, 6) is -0.0184. The molecule has 0 spiro atoms. The van der Waals surface area contributed by atoms with E-state index >= 15 is 0 Å². The zero-order valence-corrected chi connectivity index (χ0v) is 13.5. The molecule has 2 nitrogen and oxygen atoms in total. The van der Waals surface area contributed by atoms with Gasteiger partial charge in [0, 0.05) is 10.5 Å². The molecule has 0 bridgehead atoms. The highest BCUT2D eigenvalue weighted by Crippen LogP contribution is 2.19. The first-order valence-electron chi connectivity index (χ1n) is 7.15. The maximum absolute atomic E-state index is 12.3. The monoisotopic (exact) mass is 299 g/mol. The van der Waals surface area contributed by atoms with Crippen molar-refractivity contribution in [1.82, 2.24) is 5.32 Å². The van der Waals surface area contributed by atoms with E-state index in [1.54, 1.807) is 11.8 Å². The van der Waals surface area contributed by atoms with Gasteiger partial charge in [0.2, 0.25) is 0 Å². The minimum absolute atomic E-state index is 0.0184. The largest absolute Gasteiger partial charge is 0.345 e. The Labute approximate surface area is 131 Å². The summed E-state index contributed by atoms with van der Waals surface area (Å²) in [7, 11) is 0. The number of thioether (sulfide) groups is 1. The molecule has 21 heavy (non-hydrogen) atoms. The Morgan fingerprint density at radius 2 is 1.71 bits per heavy atom. The predicted octanol–water partition coefficient (Wildman–Crippen LogP) is 4.60. The topological polar surface area (TPSA) is 29.1 Å². The van der Waals surface area contributed by atoms with E-state index in [0.29, 0.717) is 5.56 Å². The summed E-state index contributed by atoms with van der Waals surface area (Å²) in [5.41, 5.74) is 3.09. The number of nitrogens with one attached hydrogen (secondary N) is 1. The second-order valence-corrected chi connectivity index (χ2v) is 5.95. The van der Waals surface area contributed by atoms with E-state index in [1.165, 1.54) is 5.56 Å². The average molecular weight is 299 g/mol. The highest BCUT2D eigenvalue weighted by atomic mass is 32.2. The van der Waals surface area contributed by atoms with Crippen LogP contribution in [0.15, 0.2) is 53.4 Å². The lowest BCUT2D eigenvalue weighted by atomic mass is 10.0. The third-order valence-corrected chi connectivity index (χ3v) is 4.29. The van der Waals surface area contributed by atoms with Gasteiger partial charge in [-0.15, -0.1) is 11.8 Å². The van der Waals surface area contributed by atoms with E-state index in [9.17, 15) is 4.79 Å². The maximum Gasteiger partial charge on any atom is 0.251 e. The van der Waals surface area contributed by atoms with Crippen molar-refractivity contribution in [2.75, 3.05) is 6.26 Å². The van der Waals surface area contributed by atoms with Gasteiger partial charge in [-0.3, -0.25) is 4.79 Å². The molecule has 1 N–H and O–H groups in total. The molecule has 0 aliphatic carbocycles. The summed E-state index contributed by atoms with van der Waals surface area (Å²) in [4.78, 5) is 13.5. The van der Waals surface area contributed by atoms with Crippen LogP contribution in [0.25, 0.3) is 0 Å². The van der Waals surface area contributed by atoms with E-state index in [0.717, 1.165) is 16.9 Å². The highest BCUT2D eigenvalue weighted by molar-refractivity contribution is 7.98. The number of carbonyl (C=O) groups excluding carboxylic acids is 1. The number of hydrogen-bond donors (Lipinski definition) is 1. The Hall–Kier alpha value is -1.74. The molecular formula is C18H21NOS. The lowest BCUT2D eigenvalue weighted by molar-refractivity contribution is 0.0935. The number of rotatable bonds is 5. The van der Waals surface area contributed by atoms with Crippen LogP contribution in [-0.4, -0.2) is 12.2 Å². The van der Waals surface area contributed by atoms with Crippen LogP contribution in [-0.2, 0) is 0 Å². The zero-order chi connectivity index (χ0) is 15.2. The summed E-state index contributed by atoms with van der Waals surface area (Å²) in [6, 6.07) is 16.1. The van der Waals surface area contributed by atoms with Crippen molar-refractivity contribution in [2.24, 2.45) is 0 Å². The second kappa shape index (κ2) is 7.32. The molecule has 110 valence electrons. The van der Waals surface area contributed by atoms with Crippen molar-refractivity contribution in [2.45, 2.75) is 31.2 Å². The maximum atomic E-state index is 12.3. The first kappa shape index (κ1) is 15.6. The van der Waals surface area contributed by atoms with E-state index < -0.39 is 0 Å². The molecule has 0 unspecified atom stereocenters. The van der Waals surface area contributed by atoms with E-state index in [1.807, 2.05) is 30.5 Å². The van der Waals surface area contributed by atoms with Crippen molar-refractivity contribution >= 4 is 17.7 Å². The van der Waals surface area contributed by atoms with Crippen LogP contribution in [0.3, 0.4) is 0 Å². The Morgan fingerprint density at radius 1 is 1.10 bits per heavy atom. The number of aryl methyl sites for hydroxylation is 1. The minimum atomic E-state index is -0.0184. The van der Waals surface area contributed by atoms with Crippen LogP contribution in [0.4, 0.5) is 0 Å². The second-order valence-electron chi connectivity index (χ2n) is 5.07. The fourth-order valence-corrected chi connectivity index (χ4v) is 2.61. The molecule has 0 heterocycles. The van der Waals surface area contributed by atoms with Crippen molar-refractivity contribution < 1.29 is 4.79 Å². The van der Waals surface area contributed by atoms with Crippen LogP contribution >= 0.6 is 11.8 Å². The van der Waals surface area contributed by atoms with Gasteiger partial charge in [0.1, 0.15) is 0 Å². The van der Waals surface area contributed by atoms with E-state index in [4.69, 9.17) is 0 Å². The summed E-state index contributed by atoms with van der Waals surface area (Å²) in [6.07, 6.45) is 2.90. The van der Waals surface area contributed by atoms with Gasteiger partial charge in [-0.2, -0.15) is 0 Å². The predicted molar refractivity (Wildman–Crippen MR) is 89.9 cm³/mol. The molecule has 2 rings (SSSR count). The van der Waals surface area contributed by atoms with Crippen LogP contribution < -0.4 is 5.32 Å². The number of benzene rings is 2. The molecule has 3 heteroatoms. The van der Waals surface area contributed by atoms with Gasteiger partial charge in [0.25, 0.3) is 5.91 Å². The van der Waals surface area contributed by atoms with Gasteiger partial charge in [-0.25, -0.2) is 0 Å². The highest BCUT2D eigenvalue weighted by Gasteiger charge is 2.13. The molecule has 1 amide bonds. The summed E-state index contributed by atoms with van der Waals surface area (Å²) < 4.78 is 0. The van der Waals surface area contributed by atoms with Gasteiger partial charge in [-0.1, -0.05) is 36.8 Å². The summed E-state index contributed by atoms with van der Waals surface area (Å²) >= 11 is 1.67. The standard InChI is InChI=1S/C18H21NOS/c1-4-17(14-7-5-13(2)6-8-14)19-18(20)15-9-11-16(21-3)12-10-15/h5-12,17H,4H2,1-3H3,(H,19,20)/t17-/m0/s1. The Balaban J connectivity index is 2.10. The number of carbonyl (C=O) groups is 1. The van der Waals surface area contributed by atoms with Crippen LogP contribution in [0.2, 0.25) is 0 Å². The normalized spacial score (nSPS) is 12.0. The molecule has 0 radical (unpaired) electrons. The van der Waals surface area contributed by atoms with Gasteiger partial charge in [0.15, 0.2) is 0 Å². The fourth-order valence-electron chi connectivity index (χ4n) is 2.20. The van der Waals surface area contributed by atoms with Crippen molar-refractivity contribution in [1.29, 1.82) is 0 Å². The van der Waals surface area contributed by atoms with Crippen molar-refractivity contribution in [3.05, 3.63) is 65.2 Å². The Morgan fingerprint density at radius 3 is 2.24 bits per heavy atom. The minimum Gasteiger partial charge on any atom is -0.345 e. The van der Waals surface area contributed by atoms with Crippen molar-refractivity contribution in [3.63, 3.8) is 0 Å². The molecule has 0 saturated heterocycles. The van der Waals surface area contributed by atoms with Crippen LogP contribution in [0.5, 0.6) is 0 Å². The van der Waals surface area contributed by atoms with Crippen LogP contribution in [0, 0.1) is 6.92 Å². The van der Waals surface area contributed by atoms with Crippen LogP contribution in [0.1, 0.15) is 40.9 Å². The van der Waals surface area contributed by atoms with Gasteiger partial charge < -0.3 is 5.32 Å². The first-order valence-corrected chi connectivity index (χ1v) is 8.38. The average Bonchev–Trinajstić information content (AvgIpc) is 2.53. The van der Waals surface area contributed by atoms with Gasteiger partial charge >= 0.3 is 0 Å². The molecule has 0 aromatic heterocycles. The third kappa shape index (κ3) is 4.11. The zero-order valence-electron chi connectivity index (χ0n) is 12.7. The molecule has 0 saturated carbocycles. The number of amides is 1. The molecule has 1 atom stereocenters. The molecule has 0 aliphatic rings. The van der Waals surface area contributed by atoms with E-state index in [2.05, 4.69) is 43.4 Å². The molecule has 2 aromatic carbocycles. The smallest absolute Gasteiger partial charge is 0.251 e. The number of hydrogen-bond acceptors (Lipinski definition) is 2. The van der Waals surface area contributed by atoms with Crippen molar-refractivity contribution in [3.8, 4) is 0 Å². The lowest BCUT2D eigenvalue weighted by Gasteiger charge is -2.18. The van der Waals surface area contributed by atoms with Gasteiger partial charge in [-0.05, 0) is 49.4 Å². The Kier molecular flexibility index (Phi) is 5.45. The summed E-state index contributed by atoms with van der Waals surface area (Å²) in [5, 5.41) is 3.11. The lowest BCUT2D eigenvalue weighted by Crippen LogP contribution is -2.28. The molecule has 0 fully saturated rings. The summed E-state index contributed by atoms with van der Waals surface area (Å²) in [6.45, 7) is 4.15. The fraction of sp³-hybridized carbons (Fsp3) is 0.278. The van der Waals surface area contributed by atoms with Gasteiger partial charge in [0.05, 0.1) is 6.04 Å². The quantitative estimate of drug-likeness (QED) is 0.818. The molecule has 2 aromatic rings. The molecular weight excluding hydrogens is 278 g/mol. The first-order chi connectivity index (χ1) is 10.1. The Bertz CT molecular complexity index is 590. The molecule has 0 aliphatic heterocycles.